The van der Waals surface area contributed by atoms with Crippen molar-refractivity contribution in [1.29, 1.82) is 0 Å². The quantitative estimate of drug-likeness (QED) is 0.617. The Morgan fingerprint density at radius 1 is 1.23 bits per heavy atom. The van der Waals surface area contributed by atoms with Crippen molar-refractivity contribution in [3.05, 3.63) is 58.4 Å². The molecule has 1 atom stereocenters. The van der Waals surface area contributed by atoms with Gasteiger partial charge >= 0.3 is 5.97 Å². The Morgan fingerprint density at radius 2 is 2.00 bits per heavy atom. The van der Waals surface area contributed by atoms with Gasteiger partial charge in [0.2, 0.25) is 0 Å². The fourth-order valence-corrected chi connectivity index (χ4v) is 4.08. The summed E-state index contributed by atoms with van der Waals surface area (Å²) in [5.41, 5.74) is 4.51. The first-order valence-electron chi connectivity index (χ1n) is 10.3. The first-order chi connectivity index (χ1) is 14.5. The average Bonchev–Trinajstić information content (AvgIpc) is 3.55. The Labute approximate surface area is 174 Å². The zero-order valence-electron chi connectivity index (χ0n) is 17.1. The molecule has 5 rings (SSSR count). The number of pyridine rings is 1. The van der Waals surface area contributed by atoms with Gasteiger partial charge in [-0.15, -0.1) is 0 Å². The summed E-state index contributed by atoms with van der Waals surface area (Å²) >= 11 is 0. The predicted molar refractivity (Wildman–Crippen MR) is 109 cm³/mol. The van der Waals surface area contributed by atoms with Crippen molar-refractivity contribution in [2.24, 2.45) is 0 Å². The summed E-state index contributed by atoms with van der Waals surface area (Å²) in [6.45, 7) is 4.54. The molecule has 1 saturated carbocycles. The van der Waals surface area contributed by atoms with Crippen molar-refractivity contribution in [2.45, 2.75) is 51.7 Å². The minimum atomic E-state index is -0.879. The van der Waals surface area contributed by atoms with E-state index in [2.05, 4.69) is 16.2 Å². The fraction of sp³-hybridized carbons (Fsp3) is 0.391. The Kier molecular flexibility index (Phi) is 4.53. The number of benzene rings is 1. The zero-order valence-corrected chi connectivity index (χ0v) is 17.1. The van der Waals surface area contributed by atoms with Crippen LogP contribution in [-0.2, 0) is 22.5 Å². The Hall–Kier alpha value is -3.22. The molecule has 1 aliphatic carbocycles. The minimum Gasteiger partial charge on any atom is -0.449 e. The lowest BCUT2D eigenvalue weighted by Gasteiger charge is -2.30. The molecule has 1 aliphatic heterocycles. The highest BCUT2D eigenvalue weighted by atomic mass is 16.5. The predicted octanol–water partition coefficient (Wildman–Crippen LogP) is 3.54. The number of amides is 1. The summed E-state index contributed by atoms with van der Waals surface area (Å²) in [5.74, 6) is -0.389. The van der Waals surface area contributed by atoms with E-state index in [0.717, 1.165) is 30.5 Å². The summed E-state index contributed by atoms with van der Waals surface area (Å²) in [7, 11) is 0. The molecule has 2 aliphatic rings. The molecule has 0 spiro atoms. The van der Waals surface area contributed by atoms with E-state index in [9.17, 15) is 9.59 Å². The molecule has 0 radical (unpaired) electrons. The van der Waals surface area contributed by atoms with Crippen LogP contribution in [0.1, 0.15) is 58.6 Å². The topological polar surface area (TPSA) is 85.5 Å². The zero-order chi connectivity index (χ0) is 20.8. The van der Waals surface area contributed by atoms with Gasteiger partial charge in [-0.1, -0.05) is 29.4 Å². The van der Waals surface area contributed by atoms with Gasteiger partial charge in [0, 0.05) is 24.7 Å². The molecular formula is C23H23N3O4. The number of nitrogens with zero attached hydrogens (tertiary/aromatic N) is 3. The molecule has 7 nitrogen and oxygen atoms in total. The third kappa shape index (κ3) is 3.34. The van der Waals surface area contributed by atoms with E-state index in [1.165, 1.54) is 5.56 Å². The minimum absolute atomic E-state index is 0.187. The third-order valence-electron chi connectivity index (χ3n) is 5.93. The first kappa shape index (κ1) is 18.8. The summed E-state index contributed by atoms with van der Waals surface area (Å²) in [6.07, 6.45) is 2.02. The highest BCUT2D eigenvalue weighted by molar-refractivity contribution is 6.04. The standard InChI is InChI=1S/C23H23N3O4/c1-13-20-18(11-19(16-7-8-16)24-21(20)30-25-13)23(28)29-14(2)22(27)26-10-9-15-5-3-4-6-17(15)12-26/h3-6,11,14,16H,7-10,12H2,1-2H3/t14-/m1/s1. The van der Waals surface area contributed by atoms with E-state index in [-0.39, 0.29) is 5.91 Å². The lowest BCUT2D eigenvalue weighted by molar-refractivity contribution is -0.140. The maximum Gasteiger partial charge on any atom is 0.339 e. The molecule has 0 bridgehead atoms. The smallest absolute Gasteiger partial charge is 0.339 e. The largest absolute Gasteiger partial charge is 0.449 e. The van der Waals surface area contributed by atoms with Gasteiger partial charge in [0.15, 0.2) is 6.10 Å². The monoisotopic (exact) mass is 405 g/mol. The van der Waals surface area contributed by atoms with Crippen LogP contribution in [0.2, 0.25) is 0 Å². The SMILES string of the molecule is Cc1noc2nc(C3CC3)cc(C(=O)O[C@H](C)C(=O)N3CCc4ccccc4C3)c12. The first-order valence-corrected chi connectivity index (χ1v) is 10.3. The number of aryl methyl sites for hydroxylation is 1. The van der Waals surface area contributed by atoms with Crippen LogP contribution in [0, 0.1) is 6.92 Å². The Bertz CT molecular complexity index is 1150. The van der Waals surface area contributed by atoms with Gasteiger partial charge in [0.05, 0.1) is 16.6 Å². The summed E-state index contributed by atoms with van der Waals surface area (Å²) in [6, 6.07) is 9.88. The molecule has 154 valence electrons. The van der Waals surface area contributed by atoms with Crippen LogP contribution < -0.4 is 0 Å². The third-order valence-corrected chi connectivity index (χ3v) is 5.93. The van der Waals surface area contributed by atoms with Gasteiger partial charge in [0.1, 0.15) is 0 Å². The highest BCUT2D eigenvalue weighted by Crippen LogP contribution is 2.40. The second-order valence-corrected chi connectivity index (χ2v) is 8.14. The van der Waals surface area contributed by atoms with Gasteiger partial charge in [0.25, 0.3) is 11.6 Å². The molecule has 7 heteroatoms. The number of hydrogen-bond donors (Lipinski definition) is 0. The molecule has 0 N–H and O–H groups in total. The number of esters is 1. The van der Waals surface area contributed by atoms with Gasteiger partial charge < -0.3 is 14.2 Å². The second-order valence-electron chi connectivity index (χ2n) is 8.14. The fourth-order valence-electron chi connectivity index (χ4n) is 4.08. The van der Waals surface area contributed by atoms with E-state index in [4.69, 9.17) is 9.26 Å². The molecule has 0 saturated heterocycles. The number of hydrogen-bond acceptors (Lipinski definition) is 6. The van der Waals surface area contributed by atoms with E-state index < -0.39 is 12.1 Å². The van der Waals surface area contributed by atoms with Crippen molar-refractivity contribution in [2.75, 3.05) is 6.54 Å². The molecule has 3 aromatic rings. The molecule has 2 aromatic heterocycles. The van der Waals surface area contributed by atoms with Crippen molar-refractivity contribution in [3.63, 3.8) is 0 Å². The number of rotatable bonds is 4. The van der Waals surface area contributed by atoms with Crippen LogP contribution in [0.4, 0.5) is 0 Å². The Balaban J connectivity index is 1.35. The molecule has 3 heterocycles. The summed E-state index contributed by atoms with van der Waals surface area (Å²) in [4.78, 5) is 32.2. The van der Waals surface area contributed by atoms with Gasteiger partial charge in [-0.05, 0) is 50.3 Å². The van der Waals surface area contributed by atoms with Crippen LogP contribution in [0.25, 0.3) is 11.1 Å². The van der Waals surface area contributed by atoms with Crippen LogP contribution in [-0.4, -0.2) is 39.6 Å². The van der Waals surface area contributed by atoms with E-state index in [1.807, 2.05) is 18.2 Å². The number of carbonyl (C=O) groups is 2. The van der Waals surface area contributed by atoms with Gasteiger partial charge in [-0.25, -0.2) is 9.78 Å². The summed E-state index contributed by atoms with van der Waals surface area (Å²) in [5, 5.41) is 4.50. The van der Waals surface area contributed by atoms with E-state index >= 15 is 0 Å². The Morgan fingerprint density at radius 3 is 2.77 bits per heavy atom. The van der Waals surface area contributed by atoms with Crippen LogP contribution >= 0.6 is 0 Å². The van der Waals surface area contributed by atoms with Crippen molar-refractivity contribution >= 4 is 23.0 Å². The number of ether oxygens (including phenoxy) is 1. The molecule has 1 aromatic carbocycles. The maximum absolute atomic E-state index is 13.0. The van der Waals surface area contributed by atoms with Gasteiger partial charge in [-0.2, -0.15) is 0 Å². The van der Waals surface area contributed by atoms with Crippen molar-refractivity contribution < 1.29 is 18.8 Å². The molecule has 30 heavy (non-hydrogen) atoms. The average molecular weight is 405 g/mol. The van der Waals surface area contributed by atoms with Crippen LogP contribution in [0.15, 0.2) is 34.9 Å². The van der Waals surface area contributed by atoms with E-state index in [1.54, 1.807) is 24.8 Å². The van der Waals surface area contributed by atoms with Crippen molar-refractivity contribution in [1.82, 2.24) is 15.0 Å². The van der Waals surface area contributed by atoms with Crippen molar-refractivity contribution in [3.8, 4) is 0 Å². The number of fused-ring (bicyclic) bond motifs is 2. The van der Waals surface area contributed by atoms with Crippen LogP contribution in [0.3, 0.4) is 0 Å². The van der Waals surface area contributed by atoms with E-state index in [0.29, 0.717) is 41.4 Å². The van der Waals surface area contributed by atoms with Crippen LogP contribution in [0.5, 0.6) is 0 Å². The molecule has 1 fully saturated rings. The lowest BCUT2D eigenvalue weighted by atomic mass is 9.99. The molecule has 0 unspecified atom stereocenters. The number of carbonyl (C=O) groups excluding carboxylic acids is 2. The highest BCUT2D eigenvalue weighted by Gasteiger charge is 2.31. The summed E-state index contributed by atoms with van der Waals surface area (Å²) < 4.78 is 10.9. The number of aromatic nitrogens is 2. The maximum atomic E-state index is 13.0. The molecular weight excluding hydrogens is 382 g/mol. The normalized spacial score (nSPS) is 16.9. The second kappa shape index (κ2) is 7.23. The molecule has 1 amide bonds. The lowest BCUT2D eigenvalue weighted by Crippen LogP contribution is -2.42. The van der Waals surface area contributed by atoms with Gasteiger partial charge in [-0.3, -0.25) is 4.79 Å².